The van der Waals surface area contributed by atoms with Crippen molar-refractivity contribution in [2.24, 2.45) is 4.99 Å². The van der Waals surface area contributed by atoms with Crippen LogP contribution in [0, 0.1) is 3.57 Å². The Morgan fingerprint density at radius 1 is 1.29 bits per heavy atom. The smallest absolute Gasteiger partial charge is 0.338 e. The third-order valence-corrected chi connectivity index (χ3v) is 6.88. The molecule has 0 amide bonds. The molecule has 4 rings (SSSR count). The molecular formula is C23H19IN2O4S. The number of hydrogen-bond acceptors (Lipinski definition) is 6. The minimum Gasteiger partial charge on any atom is -0.507 e. The topological polar surface area (TPSA) is 80.9 Å². The Hall–Kier alpha value is -2.72. The molecule has 2 heterocycles. The maximum absolute atomic E-state index is 13.5. The molecule has 1 aliphatic rings. The summed E-state index contributed by atoms with van der Waals surface area (Å²) in [6.45, 7) is 1.93. The Morgan fingerprint density at radius 3 is 2.68 bits per heavy atom. The normalized spacial score (nSPS) is 16.1. The minimum atomic E-state index is -0.609. The number of phenols is 1. The second-order valence-corrected chi connectivity index (χ2v) is 9.08. The summed E-state index contributed by atoms with van der Waals surface area (Å²) in [6, 6.07) is 14.0. The maximum Gasteiger partial charge on any atom is 0.338 e. The molecule has 1 aromatic heterocycles. The van der Waals surface area contributed by atoms with Gasteiger partial charge in [0, 0.05) is 0 Å². The first-order valence-electron chi connectivity index (χ1n) is 9.61. The standard InChI is InChI=1S/C23H19IN2O4S/c1-3-16-19(22(29)30-2)20(14-7-5-4-6-8-14)26-21(28)18(31-23(26)25-16)12-13-9-10-17(27)15(24)11-13/h4-12,20,27H,3H2,1-2H3/b18-12-/t20-/m0/s1. The number of allylic oxidation sites excluding steroid dienone is 1. The highest BCUT2D eigenvalue weighted by Crippen LogP contribution is 2.31. The van der Waals surface area contributed by atoms with Crippen LogP contribution in [0.15, 0.2) is 69.6 Å². The molecule has 1 atom stereocenters. The van der Waals surface area contributed by atoms with E-state index in [9.17, 15) is 14.7 Å². The molecule has 0 saturated carbocycles. The molecule has 2 aromatic carbocycles. The third kappa shape index (κ3) is 3.97. The van der Waals surface area contributed by atoms with Crippen LogP contribution in [0.1, 0.15) is 30.5 Å². The molecule has 0 aliphatic carbocycles. The number of benzene rings is 2. The zero-order valence-corrected chi connectivity index (χ0v) is 19.8. The van der Waals surface area contributed by atoms with E-state index in [2.05, 4.69) is 4.99 Å². The van der Waals surface area contributed by atoms with Crippen molar-refractivity contribution in [3.63, 3.8) is 0 Å². The molecule has 6 nitrogen and oxygen atoms in total. The van der Waals surface area contributed by atoms with Gasteiger partial charge in [0.05, 0.1) is 32.5 Å². The fourth-order valence-electron chi connectivity index (χ4n) is 3.58. The van der Waals surface area contributed by atoms with Crippen molar-refractivity contribution in [3.05, 3.63) is 94.2 Å². The summed E-state index contributed by atoms with van der Waals surface area (Å²) >= 11 is 3.33. The molecule has 0 spiro atoms. The molecule has 1 N–H and O–H groups in total. The van der Waals surface area contributed by atoms with Gasteiger partial charge in [-0.3, -0.25) is 9.36 Å². The summed E-state index contributed by atoms with van der Waals surface area (Å²) in [5, 5.41) is 9.77. The van der Waals surface area contributed by atoms with E-state index in [-0.39, 0.29) is 11.3 Å². The minimum absolute atomic E-state index is 0.193. The van der Waals surface area contributed by atoms with Gasteiger partial charge in [-0.25, -0.2) is 9.79 Å². The fourth-order valence-corrected chi connectivity index (χ4v) is 5.14. The highest BCUT2D eigenvalue weighted by Gasteiger charge is 2.33. The van der Waals surface area contributed by atoms with Crippen LogP contribution in [0.5, 0.6) is 5.75 Å². The molecule has 0 saturated heterocycles. The molecule has 158 valence electrons. The number of phenolic OH excluding ortho intramolecular Hbond substituents is 1. The Morgan fingerprint density at radius 2 is 2.03 bits per heavy atom. The molecule has 0 fully saturated rings. The van der Waals surface area contributed by atoms with Crippen LogP contribution < -0.4 is 14.9 Å². The fraction of sp³-hybridized carbons (Fsp3) is 0.174. The van der Waals surface area contributed by atoms with Crippen LogP contribution in [0.2, 0.25) is 0 Å². The van der Waals surface area contributed by atoms with Crippen LogP contribution in [-0.2, 0) is 9.53 Å². The predicted octanol–water partition coefficient (Wildman–Crippen LogP) is 3.11. The summed E-state index contributed by atoms with van der Waals surface area (Å²) in [4.78, 5) is 31.4. The zero-order valence-electron chi connectivity index (χ0n) is 16.8. The first-order chi connectivity index (χ1) is 14.9. The van der Waals surface area contributed by atoms with Gasteiger partial charge in [0.1, 0.15) is 5.75 Å². The number of fused-ring (bicyclic) bond motifs is 1. The number of halogens is 1. The number of nitrogens with zero attached hydrogens (tertiary/aromatic N) is 2. The first kappa shape index (κ1) is 21.5. The second kappa shape index (κ2) is 8.80. The number of ether oxygens (including phenoxy) is 1. The predicted molar refractivity (Wildman–Crippen MR) is 128 cm³/mol. The Labute approximate surface area is 196 Å². The van der Waals surface area contributed by atoms with Gasteiger partial charge >= 0.3 is 5.97 Å². The van der Waals surface area contributed by atoms with Gasteiger partial charge in [0.2, 0.25) is 0 Å². The summed E-state index contributed by atoms with van der Waals surface area (Å²) in [7, 11) is 1.34. The second-order valence-electron chi connectivity index (χ2n) is 6.91. The largest absolute Gasteiger partial charge is 0.507 e. The van der Waals surface area contributed by atoms with Gasteiger partial charge < -0.3 is 9.84 Å². The number of hydrogen-bond donors (Lipinski definition) is 1. The van der Waals surface area contributed by atoms with Crippen LogP contribution >= 0.6 is 33.9 Å². The molecule has 0 bridgehead atoms. The van der Waals surface area contributed by atoms with Crippen molar-refractivity contribution in [2.75, 3.05) is 7.11 Å². The van der Waals surface area contributed by atoms with Gasteiger partial charge in [0.25, 0.3) is 5.56 Å². The van der Waals surface area contributed by atoms with Gasteiger partial charge in [-0.15, -0.1) is 0 Å². The number of aromatic hydroxyl groups is 1. The maximum atomic E-state index is 13.5. The molecule has 3 aromatic rings. The average molecular weight is 546 g/mol. The van der Waals surface area contributed by atoms with E-state index in [1.807, 2.05) is 59.8 Å². The number of thiazole rings is 1. The van der Waals surface area contributed by atoms with E-state index in [0.29, 0.717) is 30.6 Å². The van der Waals surface area contributed by atoms with E-state index in [4.69, 9.17) is 4.74 Å². The average Bonchev–Trinajstić information content (AvgIpc) is 3.09. The van der Waals surface area contributed by atoms with Gasteiger partial charge in [-0.05, 0) is 58.3 Å². The third-order valence-electron chi connectivity index (χ3n) is 5.04. The van der Waals surface area contributed by atoms with Crippen molar-refractivity contribution in [3.8, 4) is 5.75 Å². The molecule has 0 radical (unpaired) electrons. The van der Waals surface area contributed by atoms with Crippen molar-refractivity contribution < 1.29 is 14.6 Å². The van der Waals surface area contributed by atoms with Gasteiger partial charge in [0.15, 0.2) is 4.80 Å². The number of rotatable bonds is 4. The number of aromatic nitrogens is 1. The van der Waals surface area contributed by atoms with Crippen molar-refractivity contribution >= 4 is 46.0 Å². The molecule has 31 heavy (non-hydrogen) atoms. The summed E-state index contributed by atoms with van der Waals surface area (Å²) in [5.41, 5.74) is 2.39. The quantitative estimate of drug-likeness (QED) is 0.403. The van der Waals surface area contributed by atoms with Crippen LogP contribution in [0.4, 0.5) is 0 Å². The Balaban J connectivity index is 1.99. The van der Waals surface area contributed by atoms with E-state index < -0.39 is 12.0 Å². The Kier molecular flexibility index (Phi) is 6.10. The lowest BCUT2D eigenvalue weighted by atomic mass is 9.95. The summed E-state index contributed by atoms with van der Waals surface area (Å²) in [5.74, 6) is -0.296. The molecule has 1 aliphatic heterocycles. The lowest BCUT2D eigenvalue weighted by Crippen LogP contribution is -2.40. The van der Waals surface area contributed by atoms with Crippen molar-refractivity contribution in [1.82, 2.24) is 4.57 Å². The lowest BCUT2D eigenvalue weighted by molar-refractivity contribution is -0.136. The number of carbonyl (C=O) groups is 1. The SMILES string of the molecule is CCC1=C(C(=O)OC)[C@H](c2ccccc2)n2c(s/c(=C\c3ccc(O)c(I)c3)c2=O)=N1. The summed E-state index contributed by atoms with van der Waals surface area (Å²) < 4.78 is 7.83. The van der Waals surface area contributed by atoms with Crippen molar-refractivity contribution in [1.29, 1.82) is 0 Å². The lowest BCUT2D eigenvalue weighted by Gasteiger charge is -2.25. The molecular weight excluding hydrogens is 527 g/mol. The Bertz CT molecular complexity index is 1370. The van der Waals surface area contributed by atoms with Gasteiger partial charge in [-0.2, -0.15) is 0 Å². The highest BCUT2D eigenvalue weighted by molar-refractivity contribution is 14.1. The summed E-state index contributed by atoms with van der Waals surface area (Å²) in [6.07, 6.45) is 2.32. The van der Waals surface area contributed by atoms with Crippen molar-refractivity contribution in [2.45, 2.75) is 19.4 Å². The number of methoxy groups -OCH3 is 1. The monoisotopic (exact) mass is 546 g/mol. The van der Waals surface area contributed by atoms with Crippen LogP contribution in [0.25, 0.3) is 6.08 Å². The molecule has 0 unspecified atom stereocenters. The first-order valence-corrected chi connectivity index (χ1v) is 11.5. The zero-order chi connectivity index (χ0) is 22.1. The molecule has 8 heteroatoms. The highest BCUT2D eigenvalue weighted by atomic mass is 127. The number of carbonyl (C=O) groups excluding carboxylic acids is 1. The van der Waals surface area contributed by atoms with E-state index >= 15 is 0 Å². The van der Waals surface area contributed by atoms with E-state index in [1.54, 1.807) is 28.8 Å². The van der Waals surface area contributed by atoms with Crippen LogP contribution in [-0.4, -0.2) is 22.8 Å². The van der Waals surface area contributed by atoms with E-state index in [1.165, 1.54) is 18.4 Å². The van der Waals surface area contributed by atoms with Gasteiger partial charge in [-0.1, -0.05) is 54.7 Å². The van der Waals surface area contributed by atoms with Crippen LogP contribution in [0.3, 0.4) is 0 Å². The number of esters is 1. The van der Waals surface area contributed by atoms with E-state index in [0.717, 1.165) is 11.1 Å².